The maximum atomic E-state index is 11.9. The molecule has 2 amide bonds. The van der Waals surface area contributed by atoms with Gasteiger partial charge in [-0.2, -0.15) is 0 Å². The van der Waals surface area contributed by atoms with Crippen molar-refractivity contribution in [1.29, 1.82) is 0 Å². The maximum Gasteiger partial charge on any atom is 0.251 e. The van der Waals surface area contributed by atoms with Gasteiger partial charge in [-0.1, -0.05) is 6.07 Å². The van der Waals surface area contributed by atoms with Crippen molar-refractivity contribution in [3.63, 3.8) is 0 Å². The number of carbonyl (C=O) groups excluding carboxylic acids is 2. The monoisotopic (exact) mass is 260 g/mol. The molecule has 0 spiro atoms. The first-order chi connectivity index (χ1) is 9.20. The van der Waals surface area contributed by atoms with Gasteiger partial charge in [-0.05, 0) is 55.9 Å². The van der Waals surface area contributed by atoms with Crippen LogP contribution in [0.3, 0.4) is 0 Å². The lowest BCUT2D eigenvalue weighted by Crippen LogP contribution is -2.36. The Labute approximate surface area is 113 Å². The summed E-state index contributed by atoms with van der Waals surface area (Å²) in [4.78, 5) is 23.2. The molecule has 4 heteroatoms. The van der Waals surface area contributed by atoms with Gasteiger partial charge in [-0.15, -0.1) is 0 Å². The van der Waals surface area contributed by atoms with E-state index >= 15 is 0 Å². The standard InChI is InChI=1S/C15H20N2O2/c1-2-16-14(18)10-17-15(19)13-8-7-11-5-3-4-6-12(11)9-13/h7-9H,2-6,10H2,1H3,(H,16,18)(H,17,19). The summed E-state index contributed by atoms with van der Waals surface area (Å²) in [5.41, 5.74) is 3.27. The average molecular weight is 260 g/mol. The first-order valence-electron chi connectivity index (χ1n) is 6.87. The molecule has 2 N–H and O–H groups in total. The van der Waals surface area contributed by atoms with Crippen LogP contribution < -0.4 is 10.6 Å². The molecule has 0 fully saturated rings. The average Bonchev–Trinajstić information content (AvgIpc) is 2.44. The molecule has 0 unspecified atom stereocenters. The summed E-state index contributed by atoms with van der Waals surface area (Å²) in [5, 5.41) is 5.29. The predicted molar refractivity (Wildman–Crippen MR) is 74.1 cm³/mol. The van der Waals surface area contributed by atoms with Gasteiger partial charge in [0.25, 0.3) is 5.91 Å². The summed E-state index contributed by atoms with van der Waals surface area (Å²) in [5.74, 6) is -0.339. The van der Waals surface area contributed by atoms with E-state index in [-0.39, 0.29) is 18.4 Å². The predicted octanol–water partition coefficient (Wildman–Crippen LogP) is 1.43. The zero-order valence-corrected chi connectivity index (χ0v) is 11.3. The van der Waals surface area contributed by atoms with Crippen LogP contribution in [0.1, 0.15) is 41.3 Å². The molecule has 4 nitrogen and oxygen atoms in total. The number of nitrogens with one attached hydrogen (secondary N) is 2. The van der Waals surface area contributed by atoms with E-state index in [2.05, 4.69) is 10.6 Å². The number of amides is 2. The molecule has 0 radical (unpaired) electrons. The molecular weight excluding hydrogens is 240 g/mol. The normalized spacial score (nSPS) is 13.5. The molecule has 0 aromatic heterocycles. The van der Waals surface area contributed by atoms with Crippen molar-refractivity contribution in [2.75, 3.05) is 13.1 Å². The van der Waals surface area contributed by atoms with Crippen molar-refractivity contribution in [1.82, 2.24) is 10.6 Å². The third-order valence-electron chi connectivity index (χ3n) is 3.39. The molecule has 0 atom stereocenters. The fraction of sp³-hybridized carbons (Fsp3) is 0.467. The Hall–Kier alpha value is -1.84. The first kappa shape index (κ1) is 13.6. The Morgan fingerprint density at radius 1 is 1.11 bits per heavy atom. The van der Waals surface area contributed by atoms with Crippen molar-refractivity contribution >= 4 is 11.8 Å². The minimum atomic E-state index is -0.181. The third kappa shape index (κ3) is 3.56. The summed E-state index contributed by atoms with van der Waals surface area (Å²) in [6.07, 6.45) is 4.58. The van der Waals surface area contributed by atoms with Crippen LogP contribution in [0.15, 0.2) is 18.2 Å². The van der Waals surface area contributed by atoms with Crippen LogP contribution in [-0.4, -0.2) is 24.9 Å². The minimum absolute atomic E-state index is 0.0315. The number of rotatable bonds is 4. The summed E-state index contributed by atoms with van der Waals surface area (Å²) >= 11 is 0. The van der Waals surface area contributed by atoms with Crippen molar-refractivity contribution in [3.05, 3.63) is 34.9 Å². The summed E-state index contributed by atoms with van der Waals surface area (Å²) in [7, 11) is 0. The Morgan fingerprint density at radius 3 is 2.58 bits per heavy atom. The van der Waals surface area contributed by atoms with Gasteiger partial charge in [-0.3, -0.25) is 9.59 Å². The van der Waals surface area contributed by atoms with Crippen LogP contribution in [0.25, 0.3) is 0 Å². The second-order valence-corrected chi connectivity index (χ2v) is 4.83. The van der Waals surface area contributed by atoms with Gasteiger partial charge >= 0.3 is 0 Å². The second-order valence-electron chi connectivity index (χ2n) is 4.83. The molecule has 0 heterocycles. The molecule has 1 aliphatic rings. The molecular formula is C15H20N2O2. The topological polar surface area (TPSA) is 58.2 Å². The number of carbonyl (C=O) groups is 2. The molecule has 1 aliphatic carbocycles. The molecule has 0 bridgehead atoms. The summed E-state index contributed by atoms with van der Waals surface area (Å²) < 4.78 is 0. The van der Waals surface area contributed by atoms with E-state index in [1.54, 1.807) is 0 Å². The van der Waals surface area contributed by atoms with Gasteiger partial charge in [0.05, 0.1) is 6.54 Å². The van der Waals surface area contributed by atoms with Crippen molar-refractivity contribution < 1.29 is 9.59 Å². The zero-order chi connectivity index (χ0) is 13.7. The van der Waals surface area contributed by atoms with Gasteiger partial charge in [0.1, 0.15) is 0 Å². The Bertz CT molecular complexity index is 483. The molecule has 0 aliphatic heterocycles. The van der Waals surface area contributed by atoms with E-state index in [0.29, 0.717) is 12.1 Å². The fourth-order valence-electron chi connectivity index (χ4n) is 2.40. The molecule has 19 heavy (non-hydrogen) atoms. The summed E-state index contributed by atoms with van der Waals surface area (Å²) in [6, 6.07) is 5.84. The van der Waals surface area contributed by atoms with Crippen LogP contribution in [0.4, 0.5) is 0 Å². The number of fused-ring (bicyclic) bond motifs is 1. The zero-order valence-electron chi connectivity index (χ0n) is 11.3. The van der Waals surface area contributed by atoms with Crippen LogP contribution in [-0.2, 0) is 17.6 Å². The van der Waals surface area contributed by atoms with E-state index in [1.807, 2.05) is 25.1 Å². The van der Waals surface area contributed by atoms with E-state index < -0.39 is 0 Å². The highest BCUT2D eigenvalue weighted by Crippen LogP contribution is 2.22. The van der Waals surface area contributed by atoms with Gasteiger partial charge < -0.3 is 10.6 Å². The molecule has 102 valence electrons. The van der Waals surface area contributed by atoms with Crippen molar-refractivity contribution in [2.24, 2.45) is 0 Å². The van der Waals surface area contributed by atoms with E-state index in [9.17, 15) is 9.59 Å². The highest BCUT2D eigenvalue weighted by molar-refractivity contribution is 5.96. The Kier molecular flexibility index (Phi) is 4.55. The van der Waals surface area contributed by atoms with Gasteiger partial charge in [0.2, 0.25) is 5.91 Å². The number of hydrogen-bond acceptors (Lipinski definition) is 2. The van der Waals surface area contributed by atoms with Crippen LogP contribution in [0.5, 0.6) is 0 Å². The lowest BCUT2D eigenvalue weighted by atomic mass is 9.90. The number of likely N-dealkylation sites (N-methyl/N-ethyl adjacent to an activating group) is 1. The van der Waals surface area contributed by atoms with Crippen LogP contribution in [0, 0.1) is 0 Å². The molecule has 2 rings (SSSR count). The number of aryl methyl sites for hydroxylation is 2. The largest absolute Gasteiger partial charge is 0.355 e. The molecule has 0 saturated carbocycles. The van der Waals surface area contributed by atoms with E-state index in [4.69, 9.17) is 0 Å². The minimum Gasteiger partial charge on any atom is -0.355 e. The lowest BCUT2D eigenvalue weighted by molar-refractivity contribution is -0.120. The number of benzene rings is 1. The highest BCUT2D eigenvalue weighted by atomic mass is 16.2. The Morgan fingerprint density at radius 2 is 1.84 bits per heavy atom. The van der Waals surface area contributed by atoms with E-state index in [1.165, 1.54) is 24.0 Å². The maximum absolute atomic E-state index is 11.9. The highest BCUT2D eigenvalue weighted by Gasteiger charge is 2.13. The lowest BCUT2D eigenvalue weighted by Gasteiger charge is -2.16. The van der Waals surface area contributed by atoms with Crippen LogP contribution in [0.2, 0.25) is 0 Å². The van der Waals surface area contributed by atoms with Crippen molar-refractivity contribution in [3.8, 4) is 0 Å². The Balaban J connectivity index is 1.97. The molecule has 0 saturated heterocycles. The quantitative estimate of drug-likeness (QED) is 0.860. The first-order valence-corrected chi connectivity index (χ1v) is 6.87. The van der Waals surface area contributed by atoms with Gasteiger partial charge in [0.15, 0.2) is 0 Å². The molecule has 1 aromatic carbocycles. The SMILES string of the molecule is CCNC(=O)CNC(=O)c1ccc2c(c1)CCCC2. The van der Waals surface area contributed by atoms with E-state index in [0.717, 1.165) is 12.8 Å². The third-order valence-corrected chi connectivity index (χ3v) is 3.39. The van der Waals surface area contributed by atoms with Crippen LogP contribution >= 0.6 is 0 Å². The smallest absolute Gasteiger partial charge is 0.251 e. The van der Waals surface area contributed by atoms with Crippen molar-refractivity contribution in [2.45, 2.75) is 32.6 Å². The summed E-state index contributed by atoms with van der Waals surface area (Å²) in [6.45, 7) is 2.46. The number of hydrogen-bond donors (Lipinski definition) is 2. The molecule has 1 aromatic rings. The van der Waals surface area contributed by atoms with Gasteiger partial charge in [0, 0.05) is 12.1 Å². The van der Waals surface area contributed by atoms with Gasteiger partial charge in [-0.25, -0.2) is 0 Å². The second kappa shape index (κ2) is 6.36. The fourth-order valence-corrected chi connectivity index (χ4v) is 2.40.